The van der Waals surface area contributed by atoms with Crippen LogP contribution in [0.3, 0.4) is 0 Å². The Hall–Kier alpha value is -1.31. The van der Waals surface area contributed by atoms with Crippen molar-refractivity contribution in [3.05, 3.63) is 35.4 Å². The van der Waals surface area contributed by atoms with Crippen LogP contribution in [0.1, 0.15) is 63.0 Å². The van der Waals surface area contributed by atoms with E-state index < -0.39 is 0 Å². The van der Waals surface area contributed by atoms with E-state index >= 15 is 0 Å². The van der Waals surface area contributed by atoms with Gasteiger partial charge in [-0.3, -0.25) is 4.79 Å². The van der Waals surface area contributed by atoms with Crippen molar-refractivity contribution in [3.8, 4) is 0 Å². The number of carbonyl (C=O) groups excluding carboxylic acids is 1. The highest BCUT2D eigenvalue weighted by Crippen LogP contribution is 2.69. The number of hydrogen-bond acceptors (Lipinski definition) is 1. The van der Waals surface area contributed by atoms with E-state index in [0.717, 1.165) is 24.7 Å². The second-order valence-electron chi connectivity index (χ2n) is 7.42. The molecule has 0 heterocycles. The summed E-state index contributed by atoms with van der Waals surface area (Å²) in [5.74, 6) is 1.83. The smallest absolute Gasteiger partial charge is 0.217 e. The monoisotopic (exact) mass is 269 g/mol. The normalized spacial score (nSPS) is 36.3. The molecule has 0 aliphatic heterocycles. The quantitative estimate of drug-likeness (QED) is 0.890. The number of rotatable bonds is 3. The molecule has 0 aromatic heterocycles. The molecular weight excluding hydrogens is 246 g/mol. The van der Waals surface area contributed by atoms with Crippen LogP contribution in [-0.4, -0.2) is 5.91 Å². The number of nitrogens with one attached hydrogen (secondary N) is 1. The van der Waals surface area contributed by atoms with Crippen molar-refractivity contribution in [2.24, 2.45) is 11.3 Å². The molecule has 2 unspecified atom stereocenters. The van der Waals surface area contributed by atoms with Gasteiger partial charge >= 0.3 is 0 Å². The van der Waals surface area contributed by atoms with Crippen molar-refractivity contribution < 1.29 is 4.79 Å². The Balaban J connectivity index is 1.56. The fraction of sp³-hybridized carbons (Fsp3) is 0.611. The van der Waals surface area contributed by atoms with E-state index in [4.69, 9.17) is 0 Å². The first-order valence-electron chi connectivity index (χ1n) is 7.93. The van der Waals surface area contributed by atoms with E-state index in [1.807, 2.05) is 0 Å². The maximum absolute atomic E-state index is 11.3. The predicted molar refractivity (Wildman–Crippen MR) is 79.4 cm³/mol. The molecule has 4 rings (SSSR count). The van der Waals surface area contributed by atoms with E-state index in [0.29, 0.717) is 5.41 Å². The van der Waals surface area contributed by atoms with E-state index in [1.165, 1.54) is 30.4 Å². The molecule has 1 aromatic rings. The highest BCUT2D eigenvalue weighted by atomic mass is 16.1. The lowest BCUT2D eigenvalue weighted by Gasteiger charge is -2.22. The largest absolute Gasteiger partial charge is 0.347 e. The molecule has 1 aromatic carbocycles. The summed E-state index contributed by atoms with van der Waals surface area (Å²) in [6.07, 6.45) is 6.36. The molecule has 3 fully saturated rings. The Labute approximate surface area is 121 Å². The third-order valence-corrected chi connectivity index (χ3v) is 6.09. The average molecular weight is 269 g/mol. The zero-order chi connectivity index (χ0) is 14.0. The number of hydrogen-bond donors (Lipinski definition) is 1. The van der Waals surface area contributed by atoms with Gasteiger partial charge in [0, 0.05) is 6.92 Å². The van der Waals surface area contributed by atoms with Crippen LogP contribution in [0.2, 0.25) is 0 Å². The summed E-state index contributed by atoms with van der Waals surface area (Å²) in [5, 5.41) is 3.12. The molecule has 3 saturated carbocycles. The standard InChI is InChI=1S/C18H23NO/c1-12(20)19-18(9-10-18)14-5-3-13(4-6-14)16-8-7-15-11-17(15,16)2/h3-6,15-16H,7-11H2,1-2H3,(H,19,20)/t15?,16?,17-/m1/s1. The topological polar surface area (TPSA) is 29.1 Å². The second kappa shape index (κ2) is 3.87. The van der Waals surface area contributed by atoms with Gasteiger partial charge in [-0.25, -0.2) is 0 Å². The lowest BCUT2D eigenvalue weighted by Crippen LogP contribution is -2.32. The van der Waals surface area contributed by atoms with Crippen molar-refractivity contribution in [1.82, 2.24) is 5.32 Å². The van der Waals surface area contributed by atoms with Gasteiger partial charge in [0.05, 0.1) is 5.54 Å². The van der Waals surface area contributed by atoms with Crippen molar-refractivity contribution in [3.63, 3.8) is 0 Å². The Morgan fingerprint density at radius 1 is 1.20 bits per heavy atom. The summed E-state index contributed by atoms with van der Waals surface area (Å²) in [5.41, 5.74) is 3.34. The number of amides is 1. The van der Waals surface area contributed by atoms with Crippen LogP contribution in [0.4, 0.5) is 0 Å². The van der Waals surface area contributed by atoms with Crippen LogP contribution in [0.5, 0.6) is 0 Å². The number of fused-ring (bicyclic) bond motifs is 1. The molecule has 106 valence electrons. The third kappa shape index (κ3) is 1.73. The molecule has 3 aliphatic rings. The van der Waals surface area contributed by atoms with E-state index in [9.17, 15) is 4.79 Å². The Morgan fingerprint density at radius 2 is 1.90 bits per heavy atom. The van der Waals surface area contributed by atoms with Crippen LogP contribution in [0, 0.1) is 11.3 Å². The Kier molecular flexibility index (Phi) is 2.40. The van der Waals surface area contributed by atoms with Crippen LogP contribution in [0.15, 0.2) is 24.3 Å². The van der Waals surface area contributed by atoms with Gasteiger partial charge in [-0.2, -0.15) is 0 Å². The fourth-order valence-electron chi connectivity index (χ4n) is 4.56. The molecule has 3 aliphatic carbocycles. The molecule has 1 N–H and O–H groups in total. The molecule has 0 saturated heterocycles. The molecule has 0 spiro atoms. The van der Waals surface area contributed by atoms with E-state index in [-0.39, 0.29) is 11.4 Å². The van der Waals surface area contributed by atoms with Gasteiger partial charge in [0.2, 0.25) is 5.91 Å². The SMILES string of the molecule is CC(=O)NC1(c2ccc(C3CCC4C[C@]43C)cc2)CC1. The summed E-state index contributed by atoms with van der Waals surface area (Å²) >= 11 is 0. The van der Waals surface area contributed by atoms with Crippen molar-refractivity contribution >= 4 is 5.91 Å². The summed E-state index contributed by atoms with van der Waals surface area (Å²) < 4.78 is 0. The van der Waals surface area contributed by atoms with Gasteiger partial charge in [-0.15, -0.1) is 0 Å². The lowest BCUT2D eigenvalue weighted by molar-refractivity contribution is -0.120. The maximum Gasteiger partial charge on any atom is 0.217 e. The number of carbonyl (C=O) groups is 1. The van der Waals surface area contributed by atoms with Gasteiger partial charge in [-0.05, 0) is 60.5 Å². The molecule has 1 amide bonds. The number of benzene rings is 1. The van der Waals surface area contributed by atoms with E-state index in [1.54, 1.807) is 6.92 Å². The predicted octanol–water partition coefficient (Wildman–Crippen LogP) is 3.72. The fourth-order valence-corrected chi connectivity index (χ4v) is 4.56. The molecule has 20 heavy (non-hydrogen) atoms. The third-order valence-electron chi connectivity index (χ3n) is 6.09. The first kappa shape index (κ1) is 12.4. The van der Waals surface area contributed by atoms with Crippen molar-refractivity contribution in [2.75, 3.05) is 0 Å². The maximum atomic E-state index is 11.3. The lowest BCUT2D eigenvalue weighted by atomic mass is 9.85. The molecule has 2 nitrogen and oxygen atoms in total. The summed E-state index contributed by atoms with van der Waals surface area (Å²) in [7, 11) is 0. The minimum atomic E-state index is -0.0495. The Bertz CT molecular complexity index is 555. The summed E-state index contributed by atoms with van der Waals surface area (Å²) in [4.78, 5) is 11.3. The first-order chi connectivity index (χ1) is 9.53. The highest BCUT2D eigenvalue weighted by Gasteiger charge is 2.59. The molecular formula is C18H23NO. The molecule has 0 bridgehead atoms. The van der Waals surface area contributed by atoms with Crippen molar-refractivity contribution in [2.45, 2.75) is 57.4 Å². The molecule has 0 radical (unpaired) electrons. The van der Waals surface area contributed by atoms with Crippen LogP contribution in [-0.2, 0) is 10.3 Å². The van der Waals surface area contributed by atoms with Crippen LogP contribution in [0.25, 0.3) is 0 Å². The van der Waals surface area contributed by atoms with Crippen molar-refractivity contribution in [1.29, 1.82) is 0 Å². The minimum absolute atomic E-state index is 0.0495. The minimum Gasteiger partial charge on any atom is -0.347 e. The highest BCUT2D eigenvalue weighted by molar-refractivity contribution is 5.74. The molecule has 2 heteroatoms. The van der Waals surface area contributed by atoms with Gasteiger partial charge in [0.1, 0.15) is 0 Å². The van der Waals surface area contributed by atoms with Crippen LogP contribution >= 0.6 is 0 Å². The first-order valence-corrected chi connectivity index (χ1v) is 7.93. The van der Waals surface area contributed by atoms with Gasteiger partial charge in [-0.1, -0.05) is 31.2 Å². The van der Waals surface area contributed by atoms with Crippen LogP contribution < -0.4 is 5.32 Å². The zero-order valence-electron chi connectivity index (χ0n) is 12.4. The summed E-state index contributed by atoms with van der Waals surface area (Å²) in [6.45, 7) is 4.07. The van der Waals surface area contributed by atoms with Gasteiger partial charge in [0.15, 0.2) is 0 Å². The van der Waals surface area contributed by atoms with Gasteiger partial charge in [0.25, 0.3) is 0 Å². The summed E-state index contributed by atoms with van der Waals surface area (Å²) in [6, 6.07) is 9.12. The second-order valence-corrected chi connectivity index (χ2v) is 7.42. The average Bonchev–Trinajstić information content (AvgIpc) is 3.29. The zero-order valence-corrected chi connectivity index (χ0v) is 12.4. The van der Waals surface area contributed by atoms with E-state index in [2.05, 4.69) is 36.5 Å². The Morgan fingerprint density at radius 3 is 2.35 bits per heavy atom. The van der Waals surface area contributed by atoms with Gasteiger partial charge < -0.3 is 5.32 Å². The molecule has 3 atom stereocenters.